The summed E-state index contributed by atoms with van der Waals surface area (Å²) < 4.78 is 0. The molecule has 0 bridgehead atoms. The number of hydrogen-bond acceptors (Lipinski definition) is 1. The maximum absolute atomic E-state index is 9.14. The molecule has 0 unspecified atom stereocenters. The van der Waals surface area contributed by atoms with Gasteiger partial charge in [0.15, 0.2) is 0 Å². The second-order valence-corrected chi connectivity index (χ2v) is 3.72. The molecule has 0 fully saturated rings. The van der Waals surface area contributed by atoms with Crippen molar-refractivity contribution in [2.45, 2.75) is 0 Å². The van der Waals surface area contributed by atoms with Gasteiger partial charge in [-0.3, -0.25) is 0 Å². The molecule has 0 aliphatic heterocycles. The molecule has 1 heteroatoms. The van der Waals surface area contributed by atoms with E-state index in [1.54, 1.807) is 12.1 Å². The van der Waals surface area contributed by atoms with Crippen LogP contribution in [0.2, 0.25) is 0 Å². The highest BCUT2D eigenvalue weighted by Gasteiger charge is 1.86. The molecule has 1 N–H and O–H groups in total. The van der Waals surface area contributed by atoms with Crippen molar-refractivity contribution >= 4 is 12.2 Å². The predicted molar refractivity (Wildman–Crippen MR) is 72.6 cm³/mol. The Morgan fingerprint density at radius 3 is 1.76 bits per heavy atom. The van der Waals surface area contributed by atoms with Crippen molar-refractivity contribution in [2.24, 2.45) is 0 Å². The van der Waals surface area contributed by atoms with Gasteiger partial charge >= 0.3 is 0 Å². The molecule has 0 amide bonds. The molecule has 2 aromatic rings. The van der Waals surface area contributed by atoms with Crippen LogP contribution in [0.4, 0.5) is 0 Å². The Balaban J connectivity index is 1.98. The second kappa shape index (κ2) is 5.71. The molecular formula is C16H14O. The van der Waals surface area contributed by atoms with Crippen molar-refractivity contribution in [3.05, 3.63) is 77.9 Å². The molecule has 84 valence electrons. The van der Waals surface area contributed by atoms with Gasteiger partial charge < -0.3 is 5.11 Å². The van der Waals surface area contributed by atoms with E-state index < -0.39 is 0 Å². The van der Waals surface area contributed by atoms with E-state index in [1.807, 2.05) is 48.6 Å². The van der Waals surface area contributed by atoms with Gasteiger partial charge in [-0.25, -0.2) is 0 Å². The van der Waals surface area contributed by atoms with E-state index in [-0.39, 0.29) is 0 Å². The summed E-state index contributed by atoms with van der Waals surface area (Å²) in [6.07, 6.45) is 8.04. The fraction of sp³-hybridized carbons (Fsp3) is 0. The van der Waals surface area contributed by atoms with Crippen LogP contribution in [0.25, 0.3) is 12.2 Å². The first-order chi connectivity index (χ1) is 8.34. The maximum Gasteiger partial charge on any atom is 0.115 e. The van der Waals surface area contributed by atoms with Gasteiger partial charge in [0.05, 0.1) is 0 Å². The Bertz CT molecular complexity index is 507. The summed E-state index contributed by atoms with van der Waals surface area (Å²) in [5.74, 6) is 0.293. The van der Waals surface area contributed by atoms with Gasteiger partial charge in [-0.05, 0) is 23.3 Å². The van der Waals surface area contributed by atoms with Crippen molar-refractivity contribution in [1.82, 2.24) is 0 Å². The van der Waals surface area contributed by atoms with Crippen molar-refractivity contribution in [1.29, 1.82) is 0 Å². The lowest BCUT2D eigenvalue weighted by Gasteiger charge is -1.92. The number of phenolic OH excluding ortho intramolecular Hbond substituents is 1. The first kappa shape index (κ1) is 11.2. The number of allylic oxidation sites excluding steroid dienone is 2. The lowest BCUT2D eigenvalue weighted by Crippen LogP contribution is -1.69. The van der Waals surface area contributed by atoms with Gasteiger partial charge in [-0.1, -0.05) is 66.8 Å². The van der Waals surface area contributed by atoms with Crippen LogP contribution in [0.1, 0.15) is 11.1 Å². The molecule has 17 heavy (non-hydrogen) atoms. The summed E-state index contributed by atoms with van der Waals surface area (Å²) in [4.78, 5) is 0. The molecule has 0 atom stereocenters. The lowest BCUT2D eigenvalue weighted by molar-refractivity contribution is 0.475. The summed E-state index contributed by atoms with van der Waals surface area (Å²) in [6, 6.07) is 17.3. The molecule has 0 heterocycles. The van der Waals surface area contributed by atoms with E-state index in [2.05, 4.69) is 18.2 Å². The smallest absolute Gasteiger partial charge is 0.115 e. The number of benzene rings is 2. The van der Waals surface area contributed by atoms with Crippen molar-refractivity contribution < 1.29 is 5.11 Å². The first-order valence-electron chi connectivity index (χ1n) is 5.53. The Morgan fingerprint density at radius 2 is 1.18 bits per heavy atom. The maximum atomic E-state index is 9.14. The standard InChI is InChI=1S/C16H14O/c17-16-12-10-15(11-13-16)9-5-4-8-14-6-2-1-3-7-14/h1-13,17H/b8-4+,9-5-. The minimum absolute atomic E-state index is 0.293. The van der Waals surface area contributed by atoms with Crippen LogP contribution in [0.15, 0.2) is 66.7 Å². The van der Waals surface area contributed by atoms with Crippen LogP contribution >= 0.6 is 0 Å². The zero-order valence-electron chi connectivity index (χ0n) is 9.45. The van der Waals surface area contributed by atoms with E-state index in [1.165, 1.54) is 5.56 Å². The van der Waals surface area contributed by atoms with Crippen LogP contribution in [-0.2, 0) is 0 Å². The number of hydrogen-bond donors (Lipinski definition) is 1. The average molecular weight is 222 g/mol. The molecular weight excluding hydrogens is 208 g/mol. The predicted octanol–water partition coefficient (Wildman–Crippen LogP) is 4.12. The van der Waals surface area contributed by atoms with Crippen LogP contribution in [0.5, 0.6) is 5.75 Å². The minimum Gasteiger partial charge on any atom is -0.508 e. The molecule has 0 aromatic heterocycles. The topological polar surface area (TPSA) is 20.2 Å². The number of aromatic hydroxyl groups is 1. The van der Waals surface area contributed by atoms with Gasteiger partial charge in [0.1, 0.15) is 5.75 Å². The van der Waals surface area contributed by atoms with E-state index >= 15 is 0 Å². The molecule has 0 saturated heterocycles. The summed E-state index contributed by atoms with van der Waals surface area (Å²) >= 11 is 0. The average Bonchev–Trinajstić information content (AvgIpc) is 2.38. The SMILES string of the molecule is Oc1ccc(/C=C\C=C\c2ccccc2)cc1. The molecule has 0 aliphatic carbocycles. The van der Waals surface area contributed by atoms with E-state index in [4.69, 9.17) is 5.11 Å². The van der Waals surface area contributed by atoms with Crippen LogP contribution in [0, 0.1) is 0 Å². The Labute approximate surface area is 101 Å². The molecule has 0 aliphatic rings. The van der Waals surface area contributed by atoms with Gasteiger partial charge in [0.25, 0.3) is 0 Å². The quantitative estimate of drug-likeness (QED) is 0.774. The third kappa shape index (κ3) is 3.65. The lowest BCUT2D eigenvalue weighted by atomic mass is 10.2. The zero-order chi connectivity index (χ0) is 11.9. The van der Waals surface area contributed by atoms with Crippen LogP contribution < -0.4 is 0 Å². The van der Waals surface area contributed by atoms with Crippen molar-refractivity contribution in [3.8, 4) is 5.75 Å². The van der Waals surface area contributed by atoms with Crippen molar-refractivity contribution in [2.75, 3.05) is 0 Å². The van der Waals surface area contributed by atoms with E-state index in [0.717, 1.165) is 5.56 Å². The fourth-order valence-electron chi connectivity index (χ4n) is 1.48. The van der Waals surface area contributed by atoms with Crippen LogP contribution in [-0.4, -0.2) is 5.11 Å². The van der Waals surface area contributed by atoms with Gasteiger partial charge in [-0.15, -0.1) is 0 Å². The summed E-state index contributed by atoms with van der Waals surface area (Å²) in [5, 5.41) is 9.14. The Morgan fingerprint density at radius 1 is 0.647 bits per heavy atom. The minimum atomic E-state index is 0.293. The number of rotatable bonds is 3. The third-order valence-corrected chi connectivity index (χ3v) is 2.38. The van der Waals surface area contributed by atoms with E-state index in [0.29, 0.717) is 5.75 Å². The molecule has 2 rings (SSSR count). The summed E-state index contributed by atoms with van der Waals surface area (Å²) in [7, 11) is 0. The molecule has 0 spiro atoms. The fourth-order valence-corrected chi connectivity index (χ4v) is 1.48. The highest BCUT2D eigenvalue weighted by Crippen LogP contribution is 2.11. The third-order valence-electron chi connectivity index (χ3n) is 2.38. The largest absolute Gasteiger partial charge is 0.508 e. The van der Waals surface area contributed by atoms with Gasteiger partial charge in [0.2, 0.25) is 0 Å². The second-order valence-electron chi connectivity index (χ2n) is 3.72. The first-order valence-corrected chi connectivity index (χ1v) is 5.53. The Hall–Kier alpha value is -2.28. The Kier molecular flexibility index (Phi) is 3.77. The van der Waals surface area contributed by atoms with Crippen molar-refractivity contribution in [3.63, 3.8) is 0 Å². The molecule has 0 saturated carbocycles. The summed E-state index contributed by atoms with van der Waals surface area (Å²) in [6.45, 7) is 0. The highest BCUT2D eigenvalue weighted by molar-refractivity contribution is 5.57. The molecule has 1 nitrogen and oxygen atoms in total. The van der Waals surface area contributed by atoms with Crippen LogP contribution in [0.3, 0.4) is 0 Å². The van der Waals surface area contributed by atoms with Gasteiger partial charge in [0, 0.05) is 0 Å². The molecule has 2 aromatic carbocycles. The molecule has 0 radical (unpaired) electrons. The monoisotopic (exact) mass is 222 g/mol. The summed E-state index contributed by atoms with van der Waals surface area (Å²) in [5.41, 5.74) is 2.25. The van der Waals surface area contributed by atoms with E-state index in [9.17, 15) is 0 Å². The zero-order valence-corrected chi connectivity index (χ0v) is 9.45. The van der Waals surface area contributed by atoms with Gasteiger partial charge in [-0.2, -0.15) is 0 Å². The number of phenols is 1. The highest BCUT2D eigenvalue weighted by atomic mass is 16.3. The normalized spacial score (nSPS) is 11.3.